The number of carbonyl (C=O) groups excluding carboxylic acids is 2. The van der Waals surface area contributed by atoms with E-state index in [4.69, 9.17) is 4.74 Å². The fraction of sp³-hybridized carbons (Fsp3) is 0.464. The number of rotatable bonds is 8. The molecular weight excluding hydrogens is 444 g/mol. The molecule has 3 N–H and O–H groups in total. The lowest BCUT2D eigenvalue weighted by atomic mass is 9.82. The molecule has 0 bridgehead atoms. The van der Waals surface area contributed by atoms with Crippen LogP contribution in [-0.4, -0.2) is 42.3 Å². The summed E-state index contributed by atoms with van der Waals surface area (Å²) in [7, 11) is 0. The van der Waals surface area contributed by atoms with Crippen molar-refractivity contribution in [3.05, 3.63) is 59.7 Å². The number of nitrogens with one attached hydrogen (secondary N) is 2. The Bertz CT molecular complexity index is 1050. The van der Waals surface area contributed by atoms with Crippen LogP contribution in [0.5, 0.6) is 0 Å². The van der Waals surface area contributed by atoms with Crippen LogP contribution < -0.4 is 10.6 Å². The van der Waals surface area contributed by atoms with Crippen molar-refractivity contribution in [3.8, 4) is 11.1 Å². The monoisotopic (exact) mass is 478 g/mol. The maximum absolute atomic E-state index is 12.8. The van der Waals surface area contributed by atoms with Gasteiger partial charge in [-0.15, -0.1) is 0 Å². The highest BCUT2D eigenvalue weighted by Gasteiger charge is 2.32. The fourth-order valence-electron chi connectivity index (χ4n) is 5.14. The average molecular weight is 479 g/mol. The number of hydrogen-bond acceptors (Lipinski definition) is 4. The molecule has 2 aromatic rings. The molecule has 0 unspecified atom stereocenters. The molecule has 1 fully saturated rings. The normalized spacial score (nSPS) is 19.4. The van der Waals surface area contributed by atoms with Crippen LogP contribution in [0.2, 0.25) is 0 Å². The Labute approximate surface area is 206 Å². The average Bonchev–Trinajstić information content (AvgIpc) is 3.16. The largest absolute Gasteiger partial charge is 0.481 e. The van der Waals surface area contributed by atoms with Crippen molar-refractivity contribution < 1.29 is 24.2 Å². The van der Waals surface area contributed by atoms with Gasteiger partial charge in [-0.1, -0.05) is 61.4 Å². The molecule has 4 rings (SSSR count). The minimum Gasteiger partial charge on any atom is -0.481 e. The topological polar surface area (TPSA) is 105 Å². The molecule has 2 aliphatic carbocycles. The lowest BCUT2D eigenvalue weighted by Crippen LogP contribution is -2.45. The number of carboxylic acids is 1. The zero-order valence-electron chi connectivity index (χ0n) is 20.4. The summed E-state index contributed by atoms with van der Waals surface area (Å²) >= 11 is 0. The zero-order chi connectivity index (χ0) is 25.0. The molecule has 0 aliphatic heterocycles. The maximum atomic E-state index is 12.8. The van der Waals surface area contributed by atoms with Crippen molar-refractivity contribution in [1.29, 1.82) is 0 Å². The second-order valence-electron chi connectivity index (χ2n) is 10.3. The summed E-state index contributed by atoms with van der Waals surface area (Å²) < 4.78 is 5.70. The molecule has 0 heterocycles. The number of hydrogen-bond donors (Lipinski definition) is 3. The van der Waals surface area contributed by atoms with Crippen LogP contribution in [0.4, 0.5) is 4.79 Å². The van der Waals surface area contributed by atoms with Crippen molar-refractivity contribution in [2.24, 2.45) is 11.3 Å². The summed E-state index contributed by atoms with van der Waals surface area (Å²) in [6.45, 7) is 3.48. The first-order valence-electron chi connectivity index (χ1n) is 12.4. The number of fused-ring (bicyclic) bond motifs is 3. The summed E-state index contributed by atoms with van der Waals surface area (Å²) in [6.07, 6.45) is 3.41. The number of carbonyl (C=O) groups is 3. The fourth-order valence-corrected chi connectivity index (χ4v) is 5.14. The Kier molecular flexibility index (Phi) is 7.43. The van der Waals surface area contributed by atoms with E-state index in [0.717, 1.165) is 36.8 Å². The molecule has 186 valence electrons. The van der Waals surface area contributed by atoms with Crippen molar-refractivity contribution in [1.82, 2.24) is 10.6 Å². The van der Waals surface area contributed by atoms with E-state index in [1.807, 2.05) is 24.3 Å². The van der Waals surface area contributed by atoms with E-state index in [1.165, 1.54) is 11.1 Å². The molecule has 2 amide bonds. The van der Waals surface area contributed by atoms with Crippen LogP contribution in [0, 0.1) is 11.3 Å². The molecule has 7 nitrogen and oxygen atoms in total. The van der Waals surface area contributed by atoms with Crippen LogP contribution >= 0.6 is 0 Å². The van der Waals surface area contributed by atoms with Crippen molar-refractivity contribution in [3.63, 3.8) is 0 Å². The van der Waals surface area contributed by atoms with Gasteiger partial charge >= 0.3 is 12.1 Å². The van der Waals surface area contributed by atoms with Gasteiger partial charge in [0.2, 0.25) is 5.91 Å². The Balaban J connectivity index is 1.32. The molecule has 2 aromatic carbocycles. The van der Waals surface area contributed by atoms with Crippen molar-refractivity contribution in [2.45, 2.75) is 57.9 Å². The molecule has 1 saturated carbocycles. The van der Waals surface area contributed by atoms with Crippen LogP contribution in [0.15, 0.2) is 48.5 Å². The van der Waals surface area contributed by atoms with Gasteiger partial charge in [0.15, 0.2) is 0 Å². The molecule has 0 spiro atoms. The van der Waals surface area contributed by atoms with Gasteiger partial charge < -0.3 is 20.5 Å². The van der Waals surface area contributed by atoms with Gasteiger partial charge in [0.25, 0.3) is 0 Å². The molecule has 2 aliphatic rings. The summed E-state index contributed by atoms with van der Waals surface area (Å²) in [5.74, 6) is -1.15. The quantitative estimate of drug-likeness (QED) is 0.510. The number of carboxylic acid groups (broad SMARTS) is 1. The highest BCUT2D eigenvalue weighted by Crippen LogP contribution is 2.44. The standard InChI is InChI=1S/C28H34N2O5/c1-28(2,26(32)33)17-29-25(31)15-18-9-3-8-14-24(18)30-27(34)35-16-23-21-12-6-4-10-19(21)20-11-5-7-13-22(20)23/h4-7,10-13,18,23-24H,3,8-9,14-17H2,1-2H3,(H,29,31)(H,30,34)(H,32,33)/t18-,24-/m0/s1. The van der Waals surface area contributed by atoms with Gasteiger partial charge in [-0.05, 0) is 54.9 Å². The number of alkyl carbamates (subject to hydrolysis) is 1. The van der Waals surface area contributed by atoms with Crippen LogP contribution in [-0.2, 0) is 14.3 Å². The third-order valence-electron chi connectivity index (χ3n) is 7.31. The summed E-state index contributed by atoms with van der Waals surface area (Å²) in [6, 6.07) is 16.3. The van der Waals surface area contributed by atoms with E-state index in [1.54, 1.807) is 13.8 Å². The SMILES string of the molecule is CC(C)(CNC(=O)C[C@@H]1CCCC[C@@H]1NC(=O)OCC1c2ccccc2-c2ccccc21)C(=O)O. The van der Waals surface area contributed by atoms with Gasteiger partial charge in [-0.25, -0.2) is 4.79 Å². The Hall–Kier alpha value is -3.35. The third kappa shape index (κ3) is 5.66. The number of aliphatic carboxylic acids is 1. The van der Waals surface area contributed by atoms with Gasteiger partial charge in [0.1, 0.15) is 6.61 Å². The smallest absolute Gasteiger partial charge is 0.407 e. The minimum atomic E-state index is -1.03. The van der Waals surface area contributed by atoms with E-state index in [9.17, 15) is 19.5 Å². The highest BCUT2D eigenvalue weighted by molar-refractivity contribution is 5.80. The molecule has 2 atom stereocenters. The zero-order valence-corrected chi connectivity index (χ0v) is 20.4. The second kappa shape index (κ2) is 10.5. The molecule has 0 aromatic heterocycles. The van der Waals surface area contributed by atoms with Crippen LogP contribution in [0.1, 0.15) is 63.0 Å². The first-order valence-corrected chi connectivity index (χ1v) is 12.4. The minimum absolute atomic E-state index is 0.00123. The second-order valence-corrected chi connectivity index (χ2v) is 10.3. The van der Waals surface area contributed by atoms with Crippen LogP contribution in [0.25, 0.3) is 11.1 Å². The lowest BCUT2D eigenvalue weighted by molar-refractivity contribution is -0.146. The van der Waals surface area contributed by atoms with E-state index in [-0.39, 0.29) is 43.4 Å². The predicted molar refractivity (Wildman–Crippen MR) is 133 cm³/mol. The van der Waals surface area contributed by atoms with Gasteiger partial charge in [0.05, 0.1) is 5.41 Å². The van der Waals surface area contributed by atoms with Gasteiger partial charge in [-0.3, -0.25) is 9.59 Å². The number of benzene rings is 2. The van der Waals surface area contributed by atoms with E-state index in [2.05, 4.69) is 34.9 Å². The number of amides is 2. The molecule has 7 heteroatoms. The van der Waals surface area contributed by atoms with Crippen molar-refractivity contribution >= 4 is 18.0 Å². The Morgan fingerprint density at radius 2 is 1.57 bits per heavy atom. The van der Waals surface area contributed by atoms with Crippen molar-refractivity contribution in [2.75, 3.05) is 13.2 Å². The molecule has 0 radical (unpaired) electrons. The predicted octanol–water partition coefficient (Wildman–Crippen LogP) is 4.70. The summed E-state index contributed by atoms with van der Waals surface area (Å²) in [5, 5.41) is 15.0. The van der Waals surface area contributed by atoms with E-state index >= 15 is 0 Å². The number of ether oxygens (including phenoxy) is 1. The molecule has 35 heavy (non-hydrogen) atoms. The summed E-state index contributed by atoms with van der Waals surface area (Å²) in [5.41, 5.74) is 3.67. The summed E-state index contributed by atoms with van der Waals surface area (Å²) in [4.78, 5) is 36.5. The van der Waals surface area contributed by atoms with Gasteiger partial charge in [-0.2, -0.15) is 0 Å². The maximum Gasteiger partial charge on any atom is 0.407 e. The van der Waals surface area contributed by atoms with Gasteiger partial charge in [0, 0.05) is 24.9 Å². The Morgan fingerprint density at radius 1 is 0.971 bits per heavy atom. The van der Waals surface area contributed by atoms with Crippen LogP contribution in [0.3, 0.4) is 0 Å². The van der Waals surface area contributed by atoms with E-state index in [0.29, 0.717) is 0 Å². The first kappa shape index (κ1) is 24.8. The Morgan fingerprint density at radius 3 is 2.20 bits per heavy atom. The molecule has 0 saturated heterocycles. The highest BCUT2D eigenvalue weighted by atomic mass is 16.5. The first-order chi connectivity index (χ1) is 16.8. The molecular formula is C28H34N2O5. The third-order valence-corrected chi connectivity index (χ3v) is 7.31. The lowest BCUT2D eigenvalue weighted by Gasteiger charge is -2.32. The van der Waals surface area contributed by atoms with E-state index < -0.39 is 17.5 Å².